The molecule has 1 heterocycles. The van der Waals surface area contributed by atoms with Gasteiger partial charge in [-0.15, -0.1) is 0 Å². The number of pyridine rings is 1. The van der Waals surface area contributed by atoms with Crippen LogP contribution in [0, 0.1) is 0 Å². The van der Waals surface area contributed by atoms with E-state index < -0.39 is 0 Å². The highest BCUT2D eigenvalue weighted by Crippen LogP contribution is 2.10. The Hall–Kier alpha value is -1.37. The van der Waals surface area contributed by atoms with E-state index in [1.807, 2.05) is 51.1 Å². The first-order valence-electron chi connectivity index (χ1n) is 4.58. The maximum atomic E-state index is 4.18. The zero-order valence-electron chi connectivity index (χ0n) is 8.62. The van der Waals surface area contributed by atoms with E-state index in [9.17, 15) is 0 Å². The van der Waals surface area contributed by atoms with Crippen molar-refractivity contribution in [3.05, 3.63) is 48.8 Å². The lowest BCUT2D eigenvalue weighted by atomic mass is 10.1. The van der Waals surface area contributed by atoms with E-state index in [1.54, 1.807) is 6.20 Å². The Bertz CT molecular complexity index is 260. The van der Waals surface area contributed by atoms with Crippen molar-refractivity contribution in [3.63, 3.8) is 0 Å². The van der Waals surface area contributed by atoms with Gasteiger partial charge in [-0.3, -0.25) is 4.98 Å². The number of hydrogen-bond acceptors (Lipinski definition) is 1. The Balaban J connectivity index is 0.000000671. The minimum Gasteiger partial charge on any atom is -0.256 e. The van der Waals surface area contributed by atoms with Crippen molar-refractivity contribution >= 4 is 5.57 Å². The maximum Gasteiger partial charge on any atom is 0.0698 e. The number of hydrogen-bond donors (Lipinski definition) is 0. The summed E-state index contributed by atoms with van der Waals surface area (Å²) in [6.45, 7) is 9.68. The van der Waals surface area contributed by atoms with Gasteiger partial charge in [-0.2, -0.15) is 0 Å². The molecule has 13 heavy (non-hydrogen) atoms. The number of nitrogens with zero attached hydrogens (tertiary/aromatic N) is 1. The van der Waals surface area contributed by atoms with Crippen molar-refractivity contribution in [1.29, 1.82) is 0 Å². The molecule has 0 unspecified atom stereocenters. The Kier molecular flexibility index (Phi) is 6.52. The van der Waals surface area contributed by atoms with Crippen LogP contribution in [0.15, 0.2) is 43.1 Å². The van der Waals surface area contributed by atoms with E-state index in [-0.39, 0.29) is 0 Å². The van der Waals surface area contributed by atoms with E-state index in [1.165, 1.54) is 0 Å². The molecule has 0 radical (unpaired) electrons. The maximum absolute atomic E-state index is 4.18. The molecule has 0 fully saturated rings. The second-order valence-corrected chi connectivity index (χ2v) is 2.16. The molecule has 0 aliphatic heterocycles. The molecule has 0 spiro atoms. The molecule has 70 valence electrons. The third-order valence-corrected chi connectivity index (χ3v) is 1.49. The third kappa shape index (κ3) is 3.70. The third-order valence-electron chi connectivity index (χ3n) is 1.49. The second-order valence-electron chi connectivity index (χ2n) is 2.16. The SMILES string of the molecule is C=C/C(=C\C)c1ccccn1.CC. The van der Waals surface area contributed by atoms with Gasteiger partial charge in [0.1, 0.15) is 0 Å². The van der Waals surface area contributed by atoms with Crippen molar-refractivity contribution in [2.24, 2.45) is 0 Å². The Morgan fingerprint density at radius 2 is 2.08 bits per heavy atom. The van der Waals surface area contributed by atoms with Crippen molar-refractivity contribution in [2.45, 2.75) is 20.8 Å². The van der Waals surface area contributed by atoms with Gasteiger partial charge in [0.25, 0.3) is 0 Å². The van der Waals surface area contributed by atoms with Gasteiger partial charge in [0.05, 0.1) is 5.69 Å². The summed E-state index contributed by atoms with van der Waals surface area (Å²) in [5.41, 5.74) is 2.05. The summed E-state index contributed by atoms with van der Waals surface area (Å²) in [5.74, 6) is 0. The van der Waals surface area contributed by atoms with E-state index in [2.05, 4.69) is 11.6 Å². The minimum atomic E-state index is 0.977. The lowest BCUT2D eigenvalue weighted by Gasteiger charge is -1.97. The smallest absolute Gasteiger partial charge is 0.0698 e. The first-order valence-corrected chi connectivity index (χ1v) is 4.58. The first-order chi connectivity index (χ1) is 6.38. The van der Waals surface area contributed by atoms with Crippen molar-refractivity contribution in [1.82, 2.24) is 4.98 Å². The zero-order chi connectivity index (χ0) is 10.1. The van der Waals surface area contributed by atoms with Crippen LogP contribution in [0.2, 0.25) is 0 Å². The molecule has 1 heteroatoms. The van der Waals surface area contributed by atoms with E-state index >= 15 is 0 Å². The summed E-state index contributed by atoms with van der Waals surface area (Å²) >= 11 is 0. The topological polar surface area (TPSA) is 12.9 Å². The van der Waals surface area contributed by atoms with Gasteiger partial charge in [0, 0.05) is 6.20 Å². The van der Waals surface area contributed by atoms with Crippen molar-refractivity contribution < 1.29 is 0 Å². The molecule has 1 nitrogen and oxygen atoms in total. The van der Waals surface area contributed by atoms with Crippen molar-refractivity contribution in [3.8, 4) is 0 Å². The lowest BCUT2D eigenvalue weighted by molar-refractivity contribution is 1.28. The quantitative estimate of drug-likeness (QED) is 0.624. The Morgan fingerprint density at radius 1 is 1.38 bits per heavy atom. The highest BCUT2D eigenvalue weighted by atomic mass is 14.7. The molecule has 1 rings (SSSR count). The van der Waals surface area contributed by atoms with Crippen molar-refractivity contribution in [2.75, 3.05) is 0 Å². The molecule has 0 aliphatic rings. The highest BCUT2D eigenvalue weighted by Gasteiger charge is 1.93. The van der Waals surface area contributed by atoms with Crippen LogP contribution < -0.4 is 0 Å². The fraction of sp³-hybridized carbons (Fsp3) is 0.250. The summed E-state index contributed by atoms with van der Waals surface area (Å²) in [6.07, 6.45) is 5.58. The summed E-state index contributed by atoms with van der Waals surface area (Å²) in [4.78, 5) is 4.18. The predicted octanol–water partition coefficient (Wildman–Crippen LogP) is 3.70. The highest BCUT2D eigenvalue weighted by molar-refractivity contribution is 5.70. The summed E-state index contributed by atoms with van der Waals surface area (Å²) < 4.78 is 0. The predicted molar refractivity (Wildman–Crippen MR) is 59.4 cm³/mol. The van der Waals surface area contributed by atoms with E-state index in [0.29, 0.717) is 0 Å². The second kappa shape index (κ2) is 7.29. The molecule has 0 atom stereocenters. The standard InChI is InChI=1S/C10H11N.C2H6/c1-3-9(4-2)10-7-5-6-8-11-10;1-2/h3-8H,1H2,2H3;1-2H3/b9-4+;. The minimum absolute atomic E-state index is 0.977. The van der Waals surface area contributed by atoms with Gasteiger partial charge in [-0.05, 0) is 24.6 Å². The monoisotopic (exact) mass is 175 g/mol. The summed E-state index contributed by atoms with van der Waals surface area (Å²) in [5, 5.41) is 0. The molecule has 0 N–H and O–H groups in total. The molecule has 1 aromatic rings. The number of rotatable bonds is 2. The van der Waals surface area contributed by atoms with Gasteiger partial charge >= 0.3 is 0 Å². The van der Waals surface area contributed by atoms with Crippen LogP contribution >= 0.6 is 0 Å². The normalized spacial score (nSPS) is 9.92. The number of aromatic nitrogens is 1. The van der Waals surface area contributed by atoms with Crippen LogP contribution in [0.5, 0.6) is 0 Å². The van der Waals surface area contributed by atoms with Crippen LogP contribution in [-0.4, -0.2) is 4.98 Å². The van der Waals surface area contributed by atoms with Gasteiger partial charge in [0.2, 0.25) is 0 Å². The fourth-order valence-corrected chi connectivity index (χ4v) is 0.904. The molecular weight excluding hydrogens is 158 g/mol. The fourth-order valence-electron chi connectivity index (χ4n) is 0.904. The van der Waals surface area contributed by atoms with Gasteiger partial charge in [-0.1, -0.05) is 38.6 Å². The average Bonchev–Trinajstić information content (AvgIpc) is 2.24. The molecule has 0 saturated carbocycles. The van der Waals surface area contributed by atoms with E-state index in [4.69, 9.17) is 0 Å². The molecular formula is C12H17N. The molecule has 0 bridgehead atoms. The van der Waals surface area contributed by atoms with Gasteiger partial charge in [0.15, 0.2) is 0 Å². The average molecular weight is 175 g/mol. The molecule has 0 aliphatic carbocycles. The van der Waals surface area contributed by atoms with Gasteiger partial charge < -0.3 is 0 Å². The zero-order valence-corrected chi connectivity index (χ0v) is 8.62. The van der Waals surface area contributed by atoms with Crippen LogP contribution in [0.4, 0.5) is 0 Å². The molecule has 1 aromatic heterocycles. The van der Waals surface area contributed by atoms with Crippen LogP contribution in [0.3, 0.4) is 0 Å². The summed E-state index contributed by atoms with van der Waals surface area (Å²) in [6, 6.07) is 5.84. The first kappa shape index (κ1) is 11.6. The Morgan fingerprint density at radius 3 is 2.46 bits per heavy atom. The largest absolute Gasteiger partial charge is 0.256 e. The van der Waals surface area contributed by atoms with Crippen LogP contribution in [0.25, 0.3) is 5.57 Å². The Labute approximate surface area is 80.8 Å². The van der Waals surface area contributed by atoms with Crippen LogP contribution in [-0.2, 0) is 0 Å². The molecule has 0 amide bonds. The summed E-state index contributed by atoms with van der Waals surface area (Å²) in [7, 11) is 0. The molecule has 0 aromatic carbocycles. The van der Waals surface area contributed by atoms with Gasteiger partial charge in [-0.25, -0.2) is 0 Å². The molecule has 0 saturated heterocycles. The number of allylic oxidation sites excluding steroid dienone is 3. The van der Waals surface area contributed by atoms with Crippen LogP contribution in [0.1, 0.15) is 26.5 Å². The van der Waals surface area contributed by atoms with E-state index in [0.717, 1.165) is 11.3 Å². The lowest BCUT2D eigenvalue weighted by Crippen LogP contribution is -1.83.